The number of amides is 1. The van der Waals surface area contributed by atoms with Crippen LogP contribution in [0.2, 0.25) is 5.02 Å². The van der Waals surface area contributed by atoms with Crippen molar-refractivity contribution in [3.63, 3.8) is 0 Å². The molecule has 0 bridgehead atoms. The lowest BCUT2D eigenvalue weighted by molar-refractivity contribution is 0.102. The average Bonchev–Trinajstić information content (AvgIpc) is 2.80. The minimum Gasteiger partial charge on any atom is -0.321 e. The Kier molecular flexibility index (Phi) is 6.43. The Bertz CT molecular complexity index is 1390. The summed E-state index contributed by atoms with van der Waals surface area (Å²) >= 11 is 6.27. The third-order valence-electron chi connectivity index (χ3n) is 5.63. The van der Waals surface area contributed by atoms with E-state index in [-0.39, 0.29) is 11.0 Å². The molecule has 0 atom stereocenters. The van der Waals surface area contributed by atoms with Crippen molar-refractivity contribution in [2.24, 2.45) is 0 Å². The maximum atomic E-state index is 13.6. The van der Waals surface area contributed by atoms with Crippen molar-refractivity contribution in [2.75, 3.05) is 5.32 Å². The molecule has 0 unspecified atom stereocenters. The molecule has 0 spiro atoms. The number of aryl methyl sites for hydroxylation is 3. The number of benzene rings is 2. The number of rotatable bonds is 5. The summed E-state index contributed by atoms with van der Waals surface area (Å²) in [6.45, 7) is 5.81. The molecule has 0 radical (unpaired) electrons. The van der Waals surface area contributed by atoms with E-state index in [4.69, 9.17) is 11.6 Å². The predicted molar refractivity (Wildman–Crippen MR) is 134 cm³/mol. The third-order valence-corrected chi connectivity index (χ3v) is 5.86. The fourth-order valence-corrected chi connectivity index (χ4v) is 4.24. The second-order valence-corrected chi connectivity index (χ2v) is 8.28. The summed E-state index contributed by atoms with van der Waals surface area (Å²) in [6, 6.07) is 18.3. The quantitative estimate of drug-likeness (QED) is 0.400. The number of carbonyl (C=O) groups excluding carboxylic acids is 1. The Labute approximate surface area is 197 Å². The molecule has 1 amide bonds. The van der Waals surface area contributed by atoms with Crippen LogP contribution in [0.4, 0.5) is 5.69 Å². The smallest absolute Gasteiger partial charge is 0.261 e. The molecule has 0 fully saturated rings. The number of para-hydroxylation sites is 1. The van der Waals surface area contributed by atoms with Crippen LogP contribution >= 0.6 is 11.6 Å². The largest absolute Gasteiger partial charge is 0.321 e. The fourth-order valence-electron chi connectivity index (χ4n) is 4.06. The van der Waals surface area contributed by atoms with Gasteiger partial charge in [-0.2, -0.15) is 0 Å². The Balaban J connectivity index is 1.98. The Morgan fingerprint density at radius 1 is 1.03 bits per heavy atom. The molecule has 0 saturated heterocycles. The van der Waals surface area contributed by atoms with Gasteiger partial charge >= 0.3 is 0 Å². The topological polar surface area (TPSA) is 64.0 Å². The first-order valence-corrected chi connectivity index (χ1v) is 11.1. The summed E-state index contributed by atoms with van der Waals surface area (Å²) in [5.74, 6) is -0.452. The first-order chi connectivity index (χ1) is 15.9. The highest BCUT2D eigenvalue weighted by Gasteiger charge is 2.23. The van der Waals surface area contributed by atoms with Crippen LogP contribution in [0.15, 0.2) is 77.9 Å². The Morgan fingerprint density at radius 2 is 1.76 bits per heavy atom. The molecule has 4 aromatic rings. The maximum Gasteiger partial charge on any atom is 0.261 e. The Hall–Kier alpha value is -3.70. The van der Waals surface area contributed by atoms with Crippen LogP contribution in [0, 0.1) is 13.8 Å². The number of aromatic nitrogens is 2. The molecule has 0 aliphatic carbocycles. The minimum atomic E-state index is -0.452. The number of nitrogens with zero attached hydrogens (tertiary/aromatic N) is 2. The van der Waals surface area contributed by atoms with Gasteiger partial charge in [0.1, 0.15) is 5.56 Å². The molecule has 166 valence electrons. The van der Waals surface area contributed by atoms with E-state index in [2.05, 4.69) is 10.3 Å². The molecule has 2 aromatic carbocycles. The van der Waals surface area contributed by atoms with Gasteiger partial charge in [0.25, 0.3) is 5.91 Å². The summed E-state index contributed by atoms with van der Waals surface area (Å²) in [4.78, 5) is 31.0. The molecule has 0 aliphatic rings. The molecular formula is C27H24ClN3O2. The molecule has 6 heteroatoms. The van der Waals surface area contributed by atoms with Gasteiger partial charge in [-0.25, -0.2) is 0 Å². The van der Waals surface area contributed by atoms with Crippen molar-refractivity contribution >= 4 is 23.2 Å². The van der Waals surface area contributed by atoms with Crippen LogP contribution in [0.3, 0.4) is 0 Å². The van der Waals surface area contributed by atoms with Gasteiger partial charge in [-0.05, 0) is 61.7 Å². The van der Waals surface area contributed by atoms with Gasteiger partial charge < -0.3 is 9.88 Å². The molecule has 2 heterocycles. The number of carbonyl (C=O) groups is 1. The van der Waals surface area contributed by atoms with Crippen molar-refractivity contribution in [1.29, 1.82) is 0 Å². The zero-order valence-electron chi connectivity index (χ0n) is 18.7. The highest BCUT2D eigenvalue weighted by atomic mass is 35.5. The summed E-state index contributed by atoms with van der Waals surface area (Å²) in [7, 11) is 0. The molecule has 0 saturated carbocycles. The second kappa shape index (κ2) is 9.43. The third kappa shape index (κ3) is 4.45. The van der Waals surface area contributed by atoms with Gasteiger partial charge in [0.2, 0.25) is 0 Å². The summed E-state index contributed by atoms with van der Waals surface area (Å²) in [6.07, 6.45) is 4.04. The first kappa shape index (κ1) is 22.5. The molecule has 33 heavy (non-hydrogen) atoms. The zero-order valence-corrected chi connectivity index (χ0v) is 19.5. The zero-order chi connectivity index (χ0) is 23.5. The number of halogens is 1. The Morgan fingerprint density at radius 3 is 2.45 bits per heavy atom. The van der Waals surface area contributed by atoms with Crippen LogP contribution in [-0.4, -0.2) is 15.5 Å². The predicted octanol–water partition coefficient (Wildman–Crippen LogP) is 5.98. The van der Waals surface area contributed by atoms with Crippen molar-refractivity contribution in [3.05, 3.63) is 111 Å². The van der Waals surface area contributed by atoms with Crippen LogP contribution in [0.1, 0.15) is 34.1 Å². The lowest BCUT2D eigenvalue weighted by Crippen LogP contribution is -2.27. The summed E-state index contributed by atoms with van der Waals surface area (Å²) < 4.78 is 1.89. The monoisotopic (exact) mass is 457 g/mol. The van der Waals surface area contributed by atoms with E-state index in [0.717, 1.165) is 28.9 Å². The highest BCUT2D eigenvalue weighted by Crippen LogP contribution is 2.29. The van der Waals surface area contributed by atoms with E-state index in [1.165, 1.54) is 6.07 Å². The number of hydrogen-bond donors (Lipinski definition) is 1. The summed E-state index contributed by atoms with van der Waals surface area (Å²) in [5.41, 5.74) is 5.05. The van der Waals surface area contributed by atoms with Crippen molar-refractivity contribution < 1.29 is 4.79 Å². The van der Waals surface area contributed by atoms with Crippen molar-refractivity contribution in [3.8, 4) is 16.9 Å². The maximum absolute atomic E-state index is 13.6. The lowest BCUT2D eigenvalue weighted by atomic mass is 10.0. The van der Waals surface area contributed by atoms with Crippen LogP contribution in [0.25, 0.3) is 16.9 Å². The van der Waals surface area contributed by atoms with E-state index in [1.54, 1.807) is 30.6 Å². The summed E-state index contributed by atoms with van der Waals surface area (Å²) in [5, 5.41) is 3.57. The van der Waals surface area contributed by atoms with E-state index < -0.39 is 5.91 Å². The molecule has 5 nitrogen and oxygen atoms in total. The number of hydrogen-bond acceptors (Lipinski definition) is 3. The molecular weight excluding hydrogens is 434 g/mol. The molecule has 0 aliphatic heterocycles. The van der Waals surface area contributed by atoms with Gasteiger partial charge in [0.15, 0.2) is 5.43 Å². The molecule has 2 aromatic heterocycles. The first-order valence-electron chi connectivity index (χ1n) is 10.7. The van der Waals surface area contributed by atoms with E-state index in [9.17, 15) is 9.59 Å². The molecule has 1 N–H and O–H groups in total. The second-order valence-electron chi connectivity index (χ2n) is 7.84. The molecule has 4 rings (SSSR count). The van der Waals surface area contributed by atoms with Crippen LogP contribution in [0.5, 0.6) is 0 Å². The normalized spacial score (nSPS) is 10.8. The number of pyridine rings is 2. The highest BCUT2D eigenvalue weighted by molar-refractivity contribution is 6.30. The van der Waals surface area contributed by atoms with E-state index in [1.807, 2.05) is 61.7 Å². The van der Waals surface area contributed by atoms with Gasteiger partial charge in [-0.15, -0.1) is 0 Å². The van der Waals surface area contributed by atoms with Gasteiger partial charge in [0, 0.05) is 46.1 Å². The van der Waals surface area contributed by atoms with Gasteiger partial charge in [0.05, 0.1) is 5.69 Å². The van der Waals surface area contributed by atoms with Crippen molar-refractivity contribution in [1.82, 2.24) is 9.55 Å². The van der Waals surface area contributed by atoms with Gasteiger partial charge in [-0.1, -0.05) is 42.8 Å². The van der Waals surface area contributed by atoms with Crippen LogP contribution in [-0.2, 0) is 6.42 Å². The number of anilines is 1. The fraction of sp³-hybridized carbons (Fsp3) is 0.148. The van der Waals surface area contributed by atoms with Crippen molar-refractivity contribution in [2.45, 2.75) is 27.2 Å². The van der Waals surface area contributed by atoms with E-state index >= 15 is 0 Å². The average molecular weight is 458 g/mol. The van der Waals surface area contributed by atoms with Crippen LogP contribution < -0.4 is 10.7 Å². The minimum absolute atomic E-state index is 0.0667. The SMILES string of the molecule is CCc1cccc(C)c1NC(=O)c1c(-c2ccncc2)n(-c2cccc(Cl)c2)c(C)cc1=O. The van der Waals surface area contributed by atoms with E-state index in [0.29, 0.717) is 22.0 Å². The standard InChI is InChI=1S/C27H24ClN3O2/c1-4-19-8-5-7-17(2)25(19)30-27(33)24-23(32)15-18(3)31(22-10-6-9-21(28)16-22)26(24)20-11-13-29-14-12-20/h5-16H,4H2,1-3H3,(H,30,33). The lowest BCUT2D eigenvalue weighted by Gasteiger charge is -2.21. The number of nitrogens with one attached hydrogen (secondary N) is 1. The van der Waals surface area contributed by atoms with Gasteiger partial charge in [-0.3, -0.25) is 14.6 Å².